The molecule has 0 fully saturated rings. The van der Waals surface area contributed by atoms with Crippen LogP contribution in [-0.4, -0.2) is 23.7 Å². The van der Waals surface area contributed by atoms with Gasteiger partial charge in [-0.15, -0.1) is 0 Å². The second-order valence-electron chi connectivity index (χ2n) is 5.35. The summed E-state index contributed by atoms with van der Waals surface area (Å²) in [5.74, 6) is 1.78. The van der Waals surface area contributed by atoms with E-state index in [1.807, 2.05) is 67.6 Å². The van der Waals surface area contributed by atoms with E-state index >= 15 is 0 Å². The lowest BCUT2D eigenvalue weighted by molar-refractivity contribution is 0.340. The van der Waals surface area contributed by atoms with E-state index in [-0.39, 0.29) is 0 Å². The number of ether oxygens (including phenoxy) is 2. The van der Waals surface area contributed by atoms with Crippen molar-refractivity contribution in [2.24, 2.45) is 0 Å². The Bertz CT molecular complexity index is 970. The molecule has 4 heteroatoms. The number of benzene rings is 2. The summed E-state index contributed by atoms with van der Waals surface area (Å²) in [6, 6.07) is 19.7. The van der Waals surface area contributed by atoms with Gasteiger partial charge in [0.05, 0.1) is 24.8 Å². The van der Waals surface area contributed by atoms with Crippen molar-refractivity contribution in [3.8, 4) is 11.5 Å². The molecule has 126 valence electrons. The lowest BCUT2D eigenvalue weighted by atomic mass is 10.2. The van der Waals surface area contributed by atoms with Gasteiger partial charge >= 0.3 is 0 Å². The van der Waals surface area contributed by atoms with Crippen LogP contribution in [0.25, 0.3) is 21.8 Å². The summed E-state index contributed by atoms with van der Waals surface area (Å²) in [4.78, 5) is 8.43. The zero-order valence-corrected chi connectivity index (χ0v) is 14.3. The predicted molar refractivity (Wildman–Crippen MR) is 101 cm³/mol. The first-order valence-corrected chi connectivity index (χ1v) is 8.16. The van der Waals surface area contributed by atoms with Crippen LogP contribution in [-0.2, 0) is 0 Å². The quantitative estimate of drug-likeness (QED) is 0.536. The van der Waals surface area contributed by atoms with Gasteiger partial charge in [0, 0.05) is 23.2 Å². The fourth-order valence-electron chi connectivity index (χ4n) is 2.49. The number of rotatable bonds is 3. The van der Waals surface area contributed by atoms with Crippen LogP contribution in [0.5, 0.6) is 11.5 Å². The average Bonchev–Trinajstić information content (AvgIpc) is 2.68. The topological polar surface area (TPSA) is 44.2 Å². The van der Waals surface area contributed by atoms with E-state index in [1.165, 1.54) is 0 Å². The third-order valence-electron chi connectivity index (χ3n) is 3.70. The van der Waals surface area contributed by atoms with Gasteiger partial charge in [0.1, 0.15) is 11.5 Å². The van der Waals surface area contributed by atoms with Crippen molar-refractivity contribution in [1.82, 2.24) is 9.97 Å². The smallest absolute Gasteiger partial charge is 0.120 e. The van der Waals surface area contributed by atoms with Gasteiger partial charge < -0.3 is 9.47 Å². The van der Waals surface area contributed by atoms with Crippen LogP contribution in [0, 0.1) is 0 Å². The zero-order valence-electron chi connectivity index (χ0n) is 14.3. The molecule has 2 aromatic heterocycles. The lowest BCUT2D eigenvalue weighted by Crippen LogP contribution is -1.90. The maximum atomic E-state index is 5.39. The molecule has 2 heterocycles. The summed E-state index contributed by atoms with van der Waals surface area (Å²) in [6.45, 7) is 2.68. The van der Waals surface area contributed by atoms with Crippen molar-refractivity contribution in [3.05, 3.63) is 73.1 Å². The Hall–Kier alpha value is -3.14. The lowest BCUT2D eigenvalue weighted by Gasteiger charge is -2.03. The highest BCUT2D eigenvalue weighted by Gasteiger charge is 1.96. The Morgan fingerprint density at radius 2 is 1.32 bits per heavy atom. The summed E-state index contributed by atoms with van der Waals surface area (Å²) in [7, 11) is 1.66. The van der Waals surface area contributed by atoms with Crippen molar-refractivity contribution in [3.63, 3.8) is 0 Å². The van der Waals surface area contributed by atoms with Gasteiger partial charge in [-0.05, 0) is 55.5 Å². The van der Waals surface area contributed by atoms with Crippen LogP contribution < -0.4 is 9.47 Å². The summed E-state index contributed by atoms with van der Waals surface area (Å²) < 4.78 is 10.5. The molecule has 0 amide bonds. The highest BCUT2D eigenvalue weighted by molar-refractivity contribution is 5.80. The first-order valence-electron chi connectivity index (χ1n) is 8.16. The van der Waals surface area contributed by atoms with Crippen molar-refractivity contribution in [2.75, 3.05) is 13.7 Å². The minimum atomic E-state index is 0.700. The summed E-state index contributed by atoms with van der Waals surface area (Å²) in [6.07, 6.45) is 3.58. The van der Waals surface area contributed by atoms with Crippen molar-refractivity contribution in [2.45, 2.75) is 6.92 Å². The molecule has 0 aliphatic carbocycles. The van der Waals surface area contributed by atoms with Gasteiger partial charge in [-0.25, -0.2) is 0 Å². The Kier molecular flexibility index (Phi) is 5.42. The molecule has 25 heavy (non-hydrogen) atoms. The van der Waals surface area contributed by atoms with Crippen LogP contribution in [0.15, 0.2) is 73.1 Å². The number of aromatic nitrogens is 2. The fraction of sp³-hybridized carbons (Fsp3) is 0.143. The van der Waals surface area contributed by atoms with Gasteiger partial charge in [0.25, 0.3) is 0 Å². The highest BCUT2D eigenvalue weighted by atomic mass is 16.5. The molecule has 0 radical (unpaired) electrons. The van der Waals surface area contributed by atoms with Gasteiger partial charge in [-0.1, -0.05) is 12.1 Å². The van der Waals surface area contributed by atoms with E-state index in [0.29, 0.717) is 6.61 Å². The molecule has 0 N–H and O–H groups in total. The monoisotopic (exact) mass is 332 g/mol. The molecule has 0 atom stereocenters. The van der Waals surface area contributed by atoms with Crippen molar-refractivity contribution < 1.29 is 9.47 Å². The zero-order chi connectivity index (χ0) is 17.5. The first-order chi connectivity index (χ1) is 12.3. The molecule has 0 saturated heterocycles. The number of nitrogens with zero attached hydrogens (tertiary/aromatic N) is 2. The normalized spacial score (nSPS) is 10.2. The third kappa shape index (κ3) is 4.23. The predicted octanol–water partition coefficient (Wildman–Crippen LogP) is 4.88. The standard InChI is InChI=1S/C11H11NO.C10H9NO/c1-2-13-10-5-6-11-9(8-10)4-3-7-12-11;1-12-9-4-5-10-8(7-9)3-2-6-11-10/h3-8H,2H2,1H3;2-7H,1H3. The van der Waals surface area contributed by atoms with E-state index in [9.17, 15) is 0 Å². The minimum absolute atomic E-state index is 0.700. The molecular formula is C21H20N2O2. The molecule has 0 aliphatic heterocycles. The highest BCUT2D eigenvalue weighted by Crippen LogP contribution is 2.19. The van der Waals surface area contributed by atoms with Crippen LogP contribution in [0.1, 0.15) is 6.92 Å². The minimum Gasteiger partial charge on any atom is -0.497 e. The summed E-state index contributed by atoms with van der Waals surface area (Å²) >= 11 is 0. The van der Waals surface area contributed by atoms with Gasteiger partial charge in [0.2, 0.25) is 0 Å². The van der Waals surface area contributed by atoms with Gasteiger partial charge in [-0.3, -0.25) is 9.97 Å². The molecule has 4 nitrogen and oxygen atoms in total. The van der Waals surface area contributed by atoms with E-state index in [2.05, 4.69) is 9.97 Å². The Labute approximate surface area is 147 Å². The fourth-order valence-corrected chi connectivity index (χ4v) is 2.49. The summed E-state index contributed by atoms with van der Waals surface area (Å²) in [5, 5.41) is 2.23. The number of pyridine rings is 2. The van der Waals surface area contributed by atoms with E-state index < -0.39 is 0 Å². The second kappa shape index (κ2) is 8.11. The van der Waals surface area contributed by atoms with Gasteiger partial charge in [-0.2, -0.15) is 0 Å². The van der Waals surface area contributed by atoms with E-state index in [0.717, 1.165) is 33.3 Å². The van der Waals surface area contributed by atoms with Gasteiger partial charge in [0.15, 0.2) is 0 Å². The molecule has 0 unspecified atom stereocenters. The SMILES string of the molecule is CCOc1ccc2ncccc2c1.COc1ccc2ncccc2c1. The number of hydrogen-bond acceptors (Lipinski definition) is 4. The number of fused-ring (bicyclic) bond motifs is 2. The molecule has 2 aromatic carbocycles. The largest absolute Gasteiger partial charge is 0.497 e. The summed E-state index contributed by atoms with van der Waals surface area (Å²) in [5.41, 5.74) is 2.00. The Morgan fingerprint density at radius 1 is 0.760 bits per heavy atom. The van der Waals surface area contributed by atoms with Crippen LogP contribution in [0.2, 0.25) is 0 Å². The van der Waals surface area contributed by atoms with E-state index in [4.69, 9.17) is 9.47 Å². The third-order valence-corrected chi connectivity index (χ3v) is 3.70. The first kappa shape index (κ1) is 16.7. The molecule has 4 aromatic rings. The maximum absolute atomic E-state index is 5.39. The van der Waals surface area contributed by atoms with Crippen molar-refractivity contribution in [1.29, 1.82) is 0 Å². The molecule has 0 spiro atoms. The Morgan fingerprint density at radius 3 is 1.88 bits per heavy atom. The molecule has 4 rings (SSSR count). The molecular weight excluding hydrogens is 312 g/mol. The van der Waals surface area contributed by atoms with E-state index in [1.54, 1.807) is 19.5 Å². The molecule has 0 saturated carbocycles. The number of methoxy groups -OCH3 is 1. The van der Waals surface area contributed by atoms with Crippen molar-refractivity contribution >= 4 is 21.8 Å². The van der Waals surface area contributed by atoms with Crippen LogP contribution in [0.4, 0.5) is 0 Å². The van der Waals surface area contributed by atoms with Crippen LogP contribution >= 0.6 is 0 Å². The molecule has 0 aliphatic rings. The Balaban J connectivity index is 0.000000146. The molecule has 0 bridgehead atoms. The van der Waals surface area contributed by atoms with Crippen LogP contribution in [0.3, 0.4) is 0 Å². The average molecular weight is 332 g/mol. The number of hydrogen-bond donors (Lipinski definition) is 0. The maximum Gasteiger partial charge on any atom is 0.120 e. The second-order valence-corrected chi connectivity index (χ2v) is 5.35.